The fourth-order valence-corrected chi connectivity index (χ4v) is 4.02. The highest BCUT2D eigenvalue weighted by Gasteiger charge is 2.27. The van der Waals surface area contributed by atoms with Gasteiger partial charge in [-0.05, 0) is 49.2 Å². The van der Waals surface area contributed by atoms with Crippen LogP contribution in [0, 0.1) is 0 Å². The molecule has 144 valence electrons. The summed E-state index contributed by atoms with van der Waals surface area (Å²) in [5.74, 6) is 0.0657. The maximum Gasteiger partial charge on any atom is 0.335 e. The Kier molecular flexibility index (Phi) is 4.86. The Morgan fingerprint density at radius 1 is 1.04 bits per heavy atom. The van der Waals surface area contributed by atoms with Gasteiger partial charge in [0, 0.05) is 31.1 Å². The summed E-state index contributed by atoms with van der Waals surface area (Å²) in [4.78, 5) is 30.4. The molecule has 0 spiro atoms. The molecule has 1 saturated heterocycles. The van der Waals surface area contributed by atoms with E-state index < -0.39 is 5.97 Å². The lowest BCUT2D eigenvalue weighted by atomic mass is 10.0. The van der Waals surface area contributed by atoms with E-state index >= 15 is 0 Å². The van der Waals surface area contributed by atoms with Gasteiger partial charge in [0.05, 0.1) is 16.6 Å². The Bertz CT molecular complexity index is 1020. The van der Waals surface area contributed by atoms with Gasteiger partial charge in [-0.15, -0.1) is 0 Å². The van der Waals surface area contributed by atoms with Gasteiger partial charge in [-0.2, -0.15) is 0 Å². The van der Waals surface area contributed by atoms with Crippen molar-refractivity contribution < 1.29 is 14.7 Å². The quantitative estimate of drug-likeness (QED) is 0.751. The van der Waals surface area contributed by atoms with E-state index in [0.717, 1.165) is 36.1 Å². The molecule has 1 amide bonds. The first-order valence-electron chi connectivity index (χ1n) is 9.67. The van der Waals surface area contributed by atoms with Crippen LogP contribution in [0.4, 0.5) is 0 Å². The van der Waals surface area contributed by atoms with Crippen molar-refractivity contribution in [3.8, 4) is 0 Å². The van der Waals surface area contributed by atoms with Crippen molar-refractivity contribution in [2.45, 2.75) is 32.2 Å². The van der Waals surface area contributed by atoms with E-state index in [-0.39, 0.29) is 11.5 Å². The number of imidazole rings is 1. The number of hydrogen-bond donors (Lipinski definition) is 1. The number of fused-ring (bicyclic) bond motifs is 1. The number of rotatable bonds is 4. The van der Waals surface area contributed by atoms with E-state index in [0.29, 0.717) is 24.7 Å². The molecule has 2 heterocycles. The van der Waals surface area contributed by atoms with Crippen LogP contribution in [0.3, 0.4) is 0 Å². The third-order valence-corrected chi connectivity index (χ3v) is 5.48. The first kappa shape index (κ1) is 18.2. The summed E-state index contributed by atoms with van der Waals surface area (Å²) in [7, 11) is 0. The molecule has 0 atom stereocenters. The summed E-state index contributed by atoms with van der Waals surface area (Å²) in [6.07, 6.45) is 2.64. The molecular weight excluding hydrogens is 354 g/mol. The van der Waals surface area contributed by atoms with Gasteiger partial charge in [0.2, 0.25) is 0 Å². The number of hydrogen-bond acceptors (Lipinski definition) is 3. The van der Waals surface area contributed by atoms with Crippen molar-refractivity contribution in [1.82, 2.24) is 14.5 Å². The van der Waals surface area contributed by atoms with Crippen molar-refractivity contribution in [2.75, 3.05) is 13.1 Å². The van der Waals surface area contributed by atoms with Crippen molar-refractivity contribution in [1.29, 1.82) is 0 Å². The summed E-state index contributed by atoms with van der Waals surface area (Å²) in [5, 5.41) is 9.00. The second-order valence-corrected chi connectivity index (χ2v) is 7.15. The number of aromatic nitrogens is 2. The first-order chi connectivity index (χ1) is 13.6. The predicted molar refractivity (Wildman–Crippen MR) is 107 cm³/mol. The lowest BCUT2D eigenvalue weighted by Gasteiger charge is -2.33. The molecule has 0 radical (unpaired) electrons. The summed E-state index contributed by atoms with van der Waals surface area (Å²) >= 11 is 0. The SMILES string of the molecule is CCc1nc2ccccc2n1C1CCN(C(=O)c2ccc(C(=O)O)cc2)CC1. The van der Waals surface area contributed by atoms with Crippen LogP contribution in [0.15, 0.2) is 48.5 Å². The van der Waals surface area contributed by atoms with Gasteiger partial charge >= 0.3 is 5.97 Å². The monoisotopic (exact) mass is 377 g/mol. The summed E-state index contributed by atoms with van der Waals surface area (Å²) in [5.41, 5.74) is 2.91. The third-order valence-electron chi connectivity index (χ3n) is 5.48. The van der Waals surface area contributed by atoms with Crippen LogP contribution < -0.4 is 0 Å². The van der Waals surface area contributed by atoms with E-state index in [2.05, 4.69) is 17.6 Å². The van der Waals surface area contributed by atoms with Gasteiger partial charge in [-0.25, -0.2) is 9.78 Å². The average molecular weight is 377 g/mol. The molecule has 2 aromatic carbocycles. The highest BCUT2D eigenvalue weighted by molar-refractivity contribution is 5.96. The Labute approximate surface area is 163 Å². The van der Waals surface area contributed by atoms with Crippen LogP contribution >= 0.6 is 0 Å². The fourth-order valence-electron chi connectivity index (χ4n) is 4.02. The lowest BCUT2D eigenvalue weighted by Crippen LogP contribution is -2.39. The van der Waals surface area contributed by atoms with E-state index in [1.54, 1.807) is 12.1 Å². The lowest BCUT2D eigenvalue weighted by molar-refractivity contribution is 0.0682. The number of carboxylic acid groups (broad SMARTS) is 1. The number of carboxylic acids is 1. The molecule has 1 aliphatic heterocycles. The molecule has 0 bridgehead atoms. The minimum atomic E-state index is -0.987. The zero-order chi connectivity index (χ0) is 19.7. The van der Waals surface area contributed by atoms with Gasteiger partial charge in [-0.3, -0.25) is 4.79 Å². The first-order valence-corrected chi connectivity index (χ1v) is 9.67. The van der Waals surface area contributed by atoms with Crippen LogP contribution in [0.25, 0.3) is 11.0 Å². The number of likely N-dealkylation sites (tertiary alicyclic amines) is 1. The van der Waals surface area contributed by atoms with Gasteiger partial charge in [0.15, 0.2) is 0 Å². The van der Waals surface area contributed by atoms with Gasteiger partial charge in [-0.1, -0.05) is 19.1 Å². The Hall–Kier alpha value is -3.15. The van der Waals surface area contributed by atoms with E-state index in [1.807, 2.05) is 23.1 Å². The highest BCUT2D eigenvalue weighted by atomic mass is 16.4. The molecule has 6 nitrogen and oxygen atoms in total. The van der Waals surface area contributed by atoms with E-state index in [1.165, 1.54) is 12.1 Å². The van der Waals surface area contributed by atoms with Gasteiger partial charge < -0.3 is 14.6 Å². The Morgan fingerprint density at radius 3 is 2.32 bits per heavy atom. The van der Waals surface area contributed by atoms with E-state index in [9.17, 15) is 9.59 Å². The molecule has 0 unspecified atom stereocenters. The minimum absolute atomic E-state index is 0.0402. The van der Waals surface area contributed by atoms with Crippen molar-refractivity contribution in [3.63, 3.8) is 0 Å². The maximum atomic E-state index is 12.8. The Balaban J connectivity index is 1.49. The fraction of sp³-hybridized carbons (Fsp3) is 0.318. The molecule has 1 aliphatic rings. The number of aromatic carboxylic acids is 1. The van der Waals surface area contributed by atoms with Crippen molar-refractivity contribution in [2.24, 2.45) is 0 Å². The zero-order valence-corrected chi connectivity index (χ0v) is 15.8. The van der Waals surface area contributed by atoms with Crippen LogP contribution in [-0.4, -0.2) is 44.5 Å². The number of para-hydroxylation sites is 2. The van der Waals surface area contributed by atoms with Crippen LogP contribution in [0.1, 0.15) is 52.3 Å². The number of nitrogens with zero attached hydrogens (tertiary/aromatic N) is 3. The molecule has 3 aromatic rings. The summed E-state index contributed by atoms with van der Waals surface area (Å²) in [6, 6.07) is 14.7. The number of aryl methyl sites for hydroxylation is 1. The zero-order valence-electron chi connectivity index (χ0n) is 15.8. The second kappa shape index (κ2) is 7.46. The van der Waals surface area contributed by atoms with Crippen LogP contribution in [0.2, 0.25) is 0 Å². The van der Waals surface area contributed by atoms with Crippen LogP contribution in [0.5, 0.6) is 0 Å². The standard InChI is InChI=1S/C22H23N3O3/c1-2-20-23-18-5-3-4-6-19(18)25(20)17-11-13-24(14-12-17)21(26)15-7-9-16(10-8-15)22(27)28/h3-10,17H,2,11-14H2,1H3,(H,27,28). The molecule has 4 rings (SSSR count). The second-order valence-electron chi connectivity index (χ2n) is 7.15. The molecule has 0 aliphatic carbocycles. The smallest absolute Gasteiger partial charge is 0.335 e. The normalized spacial score (nSPS) is 15.1. The summed E-state index contributed by atoms with van der Waals surface area (Å²) in [6.45, 7) is 3.48. The highest BCUT2D eigenvalue weighted by Crippen LogP contribution is 2.29. The van der Waals surface area contributed by atoms with Gasteiger partial charge in [0.25, 0.3) is 5.91 Å². The number of amides is 1. The minimum Gasteiger partial charge on any atom is -0.478 e. The average Bonchev–Trinajstić information content (AvgIpc) is 3.12. The third kappa shape index (κ3) is 3.26. The number of piperidine rings is 1. The predicted octanol–water partition coefficient (Wildman–Crippen LogP) is 3.77. The topological polar surface area (TPSA) is 75.4 Å². The van der Waals surface area contributed by atoms with Crippen molar-refractivity contribution >= 4 is 22.9 Å². The molecule has 1 fully saturated rings. The molecular formula is C22H23N3O3. The van der Waals surface area contributed by atoms with Gasteiger partial charge in [0.1, 0.15) is 5.82 Å². The number of carbonyl (C=O) groups is 2. The largest absolute Gasteiger partial charge is 0.478 e. The Morgan fingerprint density at radius 2 is 1.68 bits per heavy atom. The number of benzene rings is 2. The molecule has 1 N–H and O–H groups in total. The van der Waals surface area contributed by atoms with Crippen LogP contribution in [-0.2, 0) is 6.42 Å². The maximum absolute atomic E-state index is 12.8. The molecule has 1 aromatic heterocycles. The molecule has 0 saturated carbocycles. The molecule has 6 heteroatoms. The molecule has 28 heavy (non-hydrogen) atoms. The number of carbonyl (C=O) groups excluding carboxylic acids is 1. The van der Waals surface area contributed by atoms with E-state index in [4.69, 9.17) is 10.1 Å². The van der Waals surface area contributed by atoms with Crippen molar-refractivity contribution in [3.05, 3.63) is 65.5 Å². The summed E-state index contributed by atoms with van der Waals surface area (Å²) < 4.78 is 2.35.